The molecule has 1 aliphatic carbocycles. The first kappa shape index (κ1) is 11.6. The predicted molar refractivity (Wildman–Crippen MR) is 66.5 cm³/mol. The van der Waals surface area contributed by atoms with Crippen LogP contribution in [0.3, 0.4) is 0 Å². The highest BCUT2D eigenvalue weighted by Crippen LogP contribution is 2.34. The lowest BCUT2D eigenvalue weighted by atomic mass is 10.0. The maximum Gasteiger partial charge on any atom is 0.325 e. The van der Waals surface area contributed by atoms with Crippen LogP contribution in [0.1, 0.15) is 18.4 Å². The fourth-order valence-electron chi connectivity index (χ4n) is 1.70. The van der Waals surface area contributed by atoms with Gasteiger partial charge >= 0.3 is 5.97 Å². The summed E-state index contributed by atoms with van der Waals surface area (Å²) in [5.74, 6) is 0.0915. The molecule has 0 aromatic heterocycles. The third-order valence-electron chi connectivity index (χ3n) is 2.85. The van der Waals surface area contributed by atoms with E-state index in [0.717, 1.165) is 24.1 Å². The zero-order valence-corrected chi connectivity index (χ0v) is 9.82. The molecule has 1 aromatic rings. The normalized spacial score (nSPS) is 14.2. The van der Waals surface area contributed by atoms with Crippen molar-refractivity contribution in [1.29, 1.82) is 5.41 Å². The molecule has 0 saturated heterocycles. The molecule has 17 heavy (non-hydrogen) atoms. The molecule has 4 nitrogen and oxygen atoms in total. The topological polar surface area (TPSA) is 62.2 Å². The van der Waals surface area contributed by atoms with Gasteiger partial charge in [0.25, 0.3) is 0 Å². The summed E-state index contributed by atoms with van der Waals surface area (Å²) in [5.41, 5.74) is 2.38. The standard InChI is InChI=1S/C13H16N2O2/c1-17-12(16)8-15-11-5-3-2-4-10(11)13(14)9-6-7-9/h2-5,9,14-15H,6-8H2,1H3. The first-order chi connectivity index (χ1) is 8.22. The molecule has 1 fully saturated rings. The Morgan fingerprint density at radius 3 is 2.82 bits per heavy atom. The van der Waals surface area contributed by atoms with Crippen molar-refractivity contribution in [3.05, 3.63) is 29.8 Å². The molecule has 0 atom stereocenters. The Bertz CT molecular complexity index is 439. The Morgan fingerprint density at radius 2 is 2.18 bits per heavy atom. The van der Waals surface area contributed by atoms with Crippen LogP contribution in [-0.2, 0) is 9.53 Å². The molecule has 0 spiro atoms. The van der Waals surface area contributed by atoms with Gasteiger partial charge in [0.2, 0.25) is 0 Å². The first-order valence-corrected chi connectivity index (χ1v) is 5.71. The number of carbonyl (C=O) groups is 1. The van der Waals surface area contributed by atoms with E-state index < -0.39 is 0 Å². The van der Waals surface area contributed by atoms with Crippen LogP contribution >= 0.6 is 0 Å². The van der Waals surface area contributed by atoms with Crippen LogP contribution in [0.2, 0.25) is 0 Å². The maximum absolute atomic E-state index is 11.1. The first-order valence-electron chi connectivity index (χ1n) is 5.71. The van der Waals surface area contributed by atoms with E-state index in [1.807, 2.05) is 24.3 Å². The van der Waals surface area contributed by atoms with E-state index in [4.69, 9.17) is 5.41 Å². The number of hydrogen-bond acceptors (Lipinski definition) is 4. The zero-order chi connectivity index (χ0) is 12.3. The largest absolute Gasteiger partial charge is 0.468 e. The molecule has 1 saturated carbocycles. The molecule has 1 aromatic carbocycles. The SMILES string of the molecule is COC(=O)CNc1ccccc1C(=N)C1CC1. The molecule has 0 radical (unpaired) electrons. The minimum atomic E-state index is -0.308. The summed E-state index contributed by atoms with van der Waals surface area (Å²) >= 11 is 0. The molecule has 90 valence electrons. The Kier molecular flexibility index (Phi) is 3.42. The molecule has 0 bridgehead atoms. The minimum Gasteiger partial charge on any atom is -0.468 e. The predicted octanol–water partition coefficient (Wildman–Crippen LogP) is 2.05. The molecule has 1 aliphatic rings. The molecular weight excluding hydrogens is 216 g/mol. The number of para-hydroxylation sites is 1. The number of benzene rings is 1. The van der Waals surface area contributed by atoms with Gasteiger partial charge in [0.05, 0.1) is 7.11 Å². The lowest BCUT2D eigenvalue weighted by Crippen LogP contribution is -2.17. The molecule has 0 amide bonds. The Balaban J connectivity index is 2.10. The van der Waals surface area contributed by atoms with Crippen molar-refractivity contribution in [2.75, 3.05) is 19.0 Å². The van der Waals surface area contributed by atoms with Crippen LogP contribution in [0.4, 0.5) is 5.69 Å². The van der Waals surface area contributed by atoms with Crippen molar-refractivity contribution >= 4 is 17.4 Å². The monoisotopic (exact) mass is 232 g/mol. The van der Waals surface area contributed by atoms with Gasteiger partial charge in [-0.1, -0.05) is 18.2 Å². The molecule has 0 unspecified atom stereocenters. The number of ether oxygens (including phenoxy) is 1. The lowest BCUT2D eigenvalue weighted by Gasteiger charge is -2.11. The van der Waals surface area contributed by atoms with Gasteiger partial charge in [0, 0.05) is 22.9 Å². The second-order valence-corrected chi connectivity index (χ2v) is 4.16. The van der Waals surface area contributed by atoms with Crippen molar-refractivity contribution < 1.29 is 9.53 Å². The summed E-state index contributed by atoms with van der Waals surface area (Å²) < 4.78 is 4.58. The van der Waals surface area contributed by atoms with E-state index in [1.165, 1.54) is 7.11 Å². The van der Waals surface area contributed by atoms with E-state index in [-0.39, 0.29) is 12.5 Å². The Morgan fingerprint density at radius 1 is 1.47 bits per heavy atom. The fourth-order valence-corrected chi connectivity index (χ4v) is 1.70. The summed E-state index contributed by atoms with van der Waals surface area (Å²) in [6, 6.07) is 7.61. The van der Waals surface area contributed by atoms with E-state index in [0.29, 0.717) is 11.6 Å². The number of carbonyl (C=O) groups excluding carboxylic acids is 1. The fraction of sp³-hybridized carbons (Fsp3) is 0.385. The third-order valence-corrected chi connectivity index (χ3v) is 2.85. The highest BCUT2D eigenvalue weighted by molar-refractivity contribution is 6.05. The van der Waals surface area contributed by atoms with Gasteiger partial charge in [0.15, 0.2) is 0 Å². The number of hydrogen-bond donors (Lipinski definition) is 2. The number of methoxy groups -OCH3 is 1. The van der Waals surface area contributed by atoms with E-state index in [9.17, 15) is 4.79 Å². The van der Waals surface area contributed by atoms with E-state index >= 15 is 0 Å². The van der Waals surface area contributed by atoms with Crippen LogP contribution in [0.15, 0.2) is 24.3 Å². The summed E-state index contributed by atoms with van der Waals surface area (Å²) in [7, 11) is 1.36. The van der Waals surface area contributed by atoms with Crippen molar-refractivity contribution in [3.63, 3.8) is 0 Å². The van der Waals surface area contributed by atoms with E-state index in [1.54, 1.807) is 0 Å². The zero-order valence-electron chi connectivity index (χ0n) is 9.82. The number of rotatable bonds is 5. The van der Waals surface area contributed by atoms with Crippen molar-refractivity contribution in [2.24, 2.45) is 5.92 Å². The number of nitrogens with one attached hydrogen (secondary N) is 2. The van der Waals surface area contributed by atoms with Crippen LogP contribution in [0.25, 0.3) is 0 Å². The summed E-state index contributed by atoms with van der Waals surface area (Å²) in [6.07, 6.45) is 2.20. The lowest BCUT2D eigenvalue weighted by molar-refractivity contribution is -0.138. The van der Waals surface area contributed by atoms with Crippen LogP contribution < -0.4 is 5.32 Å². The average Bonchev–Trinajstić information content (AvgIpc) is 3.19. The van der Waals surface area contributed by atoms with E-state index in [2.05, 4.69) is 10.1 Å². The van der Waals surface area contributed by atoms with Gasteiger partial charge in [-0.15, -0.1) is 0 Å². The third kappa shape index (κ3) is 2.84. The van der Waals surface area contributed by atoms with Crippen molar-refractivity contribution in [3.8, 4) is 0 Å². The van der Waals surface area contributed by atoms with Gasteiger partial charge in [-0.05, 0) is 18.9 Å². The van der Waals surface area contributed by atoms with Gasteiger partial charge in [0.1, 0.15) is 6.54 Å². The second kappa shape index (κ2) is 4.99. The highest BCUT2D eigenvalue weighted by Gasteiger charge is 2.28. The average molecular weight is 232 g/mol. The van der Waals surface area contributed by atoms with Gasteiger partial charge in [-0.2, -0.15) is 0 Å². The summed E-state index contributed by atoms with van der Waals surface area (Å²) in [4.78, 5) is 11.1. The smallest absolute Gasteiger partial charge is 0.325 e. The number of esters is 1. The summed E-state index contributed by atoms with van der Waals surface area (Å²) in [5, 5.41) is 11.1. The Labute approximate surface area is 100 Å². The second-order valence-electron chi connectivity index (χ2n) is 4.16. The molecule has 2 N–H and O–H groups in total. The van der Waals surface area contributed by atoms with Gasteiger partial charge < -0.3 is 15.5 Å². The Hall–Kier alpha value is -1.84. The van der Waals surface area contributed by atoms with Gasteiger partial charge in [-0.25, -0.2) is 0 Å². The minimum absolute atomic E-state index is 0.130. The molecular formula is C13H16N2O2. The highest BCUT2D eigenvalue weighted by atomic mass is 16.5. The van der Waals surface area contributed by atoms with Crippen LogP contribution in [0.5, 0.6) is 0 Å². The molecule has 4 heteroatoms. The molecule has 0 heterocycles. The van der Waals surface area contributed by atoms with Crippen molar-refractivity contribution in [2.45, 2.75) is 12.8 Å². The summed E-state index contributed by atoms with van der Waals surface area (Å²) in [6.45, 7) is 0.130. The molecule has 2 rings (SSSR count). The van der Waals surface area contributed by atoms with Gasteiger partial charge in [-0.3, -0.25) is 4.79 Å². The maximum atomic E-state index is 11.1. The van der Waals surface area contributed by atoms with Crippen molar-refractivity contribution in [1.82, 2.24) is 0 Å². The van der Waals surface area contributed by atoms with Crippen LogP contribution in [-0.4, -0.2) is 25.3 Å². The van der Waals surface area contributed by atoms with Crippen LogP contribution in [0, 0.1) is 11.3 Å². The number of anilines is 1. The molecule has 0 aliphatic heterocycles. The quantitative estimate of drug-likeness (QED) is 0.603.